The average Bonchev–Trinajstić information content (AvgIpc) is 3.97. The van der Waals surface area contributed by atoms with Crippen LogP contribution in [0.25, 0.3) is 49.8 Å². The van der Waals surface area contributed by atoms with E-state index in [-0.39, 0.29) is 28.5 Å². The lowest BCUT2D eigenvalue weighted by Gasteiger charge is -2.51. The summed E-state index contributed by atoms with van der Waals surface area (Å²) >= 11 is 0. The van der Waals surface area contributed by atoms with Gasteiger partial charge in [0.05, 0.1) is 22.3 Å². The molecule has 5 heteroatoms. The van der Waals surface area contributed by atoms with Crippen molar-refractivity contribution in [2.45, 2.75) is 99.0 Å². The van der Waals surface area contributed by atoms with Crippen LogP contribution in [0.15, 0.2) is 155 Å². The lowest BCUT2D eigenvalue weighted by molar-refractivity contribution is 0.150. The van der Waals surface area contributed by atoms with E-state index in [9.17, 15) is 0 Å². The summed E-state index contributed by atoms with van der Waals surface area (Å²) < 4.78 is 9.32. The summed E-state index contributed by atoms with van der Waals surface area (Å²) in [6.45, 7) is 26.0. The average molecular weight is 860 g/mol. The maximum absolute atomic E-state index is 6.66. The summed E-state index contributed by atoms with van der Waals surface area (Å²) in [5.74, 6) is 0. The van der Waals surface area contributed by atoms with Crippen molar-refractivity contribution in [3.63, 3.8) is 0 Å². The van der Waals surface area contributed by atoms with Crippen molar-refractivity contribution in [3.05, 3.63) is 168 Å². The lowest BCUT2D eigenvalue weighted by Crippen LogP contribution is -2.60. The fraction of sp³-hybridized carbons (Fsp3) is 0.279. The Morgan fingerprint density at radius 1 is 0.727 bits per heavy atom. The number of nitrogens with zero attached hydrogens (tertiary/aromatic N) is 3. The first-order chi connectivity index (χ1) is 31.6. The Balaban J connectivity index is 1.13. The summed E-state index contributed by atoms with van der Waals surface area (Å²) in [4.78, 5) is 5.36. The van der Waals surface area contributed by atoms with Gasteiger partial charge >= 0.3 is 0 Å². The Kier molecular flexibility index (Phi) is 7.93. The molecule has 1 fully saturated rings. The van der Waals surface area contributed by atoms with E-state index in [2.05, 4.69) is 211 Å². The van der Waals surface area contributed by atoms with Crippen molar-refractivity contribution in [1.29, 1.82) is 0 Å². The second-order valence-electron chi connectivity index (χ2n) is 22.2. The largest absolute Gasteiger partial charge is 0.456 e. The molecule has 13 rings (SSSR count). The number of hydrogen-bond donors (Lipinski definition) is 0. The maximum Gasteiger partial charge on any atom is 0.252 e. The summed E-state index contributed by atoms with van der Waals surface area (Å²) in [6, 6.07) is 43.9. The minimum absolute atomic E-state index is 0.0219. The van der Waals surface area contributed by atoms with Crippen LogP contribution in [-0.4, -0.2) is 16.8 Å². The molecule has 1 saturated carbocycles. The second kappa shape index (κ2) is 13.1. The zero-order chi connectivity index (χ0) is 45.4. The molecular weight excluding hydrogens is 802 g/mol. The molecule has 5 heterocycles. The van der Waals surface area contributed by atoms with Crippen LogP contribution in [-0.2, 0) is 5.41 Å². The first kappa shape index (κ1) is 39.9. The Morgan fingerprint density at radius 3 is 2.29 bits per heavy atom. The molecule has 2 atom stereocenters. The highest BCUT2D eigenvalue weighted by Gasteiger charge is 2.57. The Morgan fingerprint density at radius 2 is 1.45 bits per heavy atom. The van der Waals surface area contributed by atoms with Crippen molar-refractivity contribution in [1.82, 2.24) is 4.57 Å². The number of hydrogen-bond acceptors (Lipinski definition) is 3. The predicted octanol–water partition coefficient (Wildman–Crippen LogP) is 14.3. The van der Waals surface area contributed by atoms with Crippen LogP contribution >= 0.6 is 0 Å². The third kappa shape index (κ3) is 4.91. The van der Waals surface area contributed by atoms with Crippen molar-refractivity contribution >= 4 is 78.7 Å². The van der Waals surface area contributed by atoms with Crippen molar-refractivity contribution < 1.29 is 4.42 Å². The minimum atomic E-state index is -0.145. The molecule has 5 aliphatic rings. The van der Waals surface area contributed by atoms with Gasteiger partial charge in [0.1, 0.15) is 11.2 Å². The van der Waals surface area contributed by atoms with Crippen molar-refractivity contribution in [2.75, 3.05) is 9.80 Å². The number of aryl methyl sites for hydroxylation is 1. The topological polar surface area (TPSA) is 24.6 Å². The SMILES string of the molecule is C=C(/C=C\C1=C(C)C2(C)CCCCC2(C)N1c1ccc2c(c1)N(c1cccc3oc4ccccc4c13)c1cc(C)cc3c1B2c1cccc2c4c(n-3c12)-c1ccccc1C4(C)C)C(C)(C)C. The molecule has 66 heavy (non-hydrogen) atoms. The standard InChI is InChI=1S/C61H58BN3O/c1-36-33-49-55-50(34-36)64-56-42(54-57(64)40-19-11-13-22-43(40)59(54,7)8)21-17-23-45(56)62(55)44-29-28-39(35-48(44)63(49)47-24-18-26-52-53(47)41-20-12-14-25-51(41)66-52)65-46(30-27-37(2)58(4,5)6)38(3)60(9)31-15-16-32-61(60,65)10/h11-14,17-30,33-35H,2,15-16,31-32H2,1,3-10H3/b30-27-. The number of anilines is 4. The lowest BCUT2D eigenvalue weighted by atomic mass is 9.33. The van der Waals surface area contributed by atoms with E-state index < -0.39 is 0 Å². The number of para-hydroxylation sites is 2. The number of furan rings is 1. The normalized spacial score (nSPS) is 21.3. The molecule has 0 saturated heterocycles. The fourth-order valence-electron chi connectivity index (χ4n) is 13.7. The highest BCUT2D eigenvalue weighted by molar-refractivity contribution is 7.00. The molecule has 2 aromatic heterocycles. The van der Waals surface area contributed by atoms with E-state index in [1.807, 2.05) is 0 Å². The number of benzene rings is 6. The van der Waals surface area contributed by atoms with Gasteiger partial charge in [-0.15, -0.1) is 0 Å². The summed E-state index contributed by atoms with van der Waals surface area (Å²) in [5, 5.41) is 3.64. The second-order valence-corrected chi connectivity index (χ2v) is 22.2. The number of allylic oxidation sites excluding steroid dienone is 3. The molecular formula is C61H58BN3O. The van der Waals surface area contributed by atoms with Crippen molar-refractivity contribution in [3.8, 4) is 16.9 Å². The van der Waals surface area contributed by atoms with E-state index in [4.69, 9.17) is 4.42 Å². The molecule has 0 spiro atoms. The van der Waals surface area contributed by atoms with Gasteiger partial charge in [-0.25, -0.2) is 0 Å². The third-order valence-electron chi connectivity index (χ3n) is 17.4. The number of fused-ring (bicyclic) bond motifs is 13. The van der Waals surface area contributed by atoms with Crippen LogP contribution in [0.4, 0.5) is 22.7 Å². The molecule has 0 bridgehead atoms. The Hall–Kier alpha value is -6.46. The number of rotatable bonds is 4. The third-order valence-corrected chi connectivity index (χ3v) is 17.4. The molecule has 326 valence electrons. The minimum Gasteiger partial charge on any atom is -0.456 e. The van der Waals surface area contributed by atoms with Gasteiger partial charge in [-0.05, 0) is 132 Å². The molecule has 0 amide bonds. The Bertz CT molecular complexity index is 3550. The van der Waals surface area contributed by atoms with Gasteiger partial charge in [-0.3, -0.25) is 0 Å². The fourth-order valence-corrected chi connectivity index (χ4v) is 13.7. The van der Waals surface area contributed by atoms with E-state index in [0.29, 0.717) is 0 Å². The van der Waals surface area contributed by atoms with E-state index >= 15 is 0 Å². The van der Waals surface area contributed by atoms with E-state index in [1.165, 1.54) is 109 Å². The van der Waals surface area contributed by atoms with Gasteiger partial charge in [0.2, 0.25) is 0 Å². The molecule has 3 aliphatic heterocycles. The van der Waals surface area contributed by atoms with E-state index in [1.54, 1.807) is 0 Å². The Labute approximate surface area is 390 Å². The molecule has 6 aromatic carbocycles. The van der Waals surface area contributed by atoms with Crippen molar-refractivity contribution in [2.24, 2.45) is 10.8 Å². The van der Waals surface area contributed by atoms with Gasteiger partial charge in [0.25, 0.3) is 6.71 Å². The first-order valence-electron chi connectivity index (χ1n) is 24.3. The van der Waals surface area contributed by atoms with E-state index in [0.717, 1.165) is 39.6 Å². The van der Waals surface area contributed by atoms with Crippen LogP contribution in [0.5, 0.6) is 0 Å². The van der Waals surface area contributed by atoms with Gasteiger partial charge in [0.15, 0.2) is 0 Å². The summed E-state index contributed by atoms with van der Waals surface area (Å²) in [5.41, 5.74) is 23.8. The maximum atomic E-state index is 6.66. The van der Waals surface area contributed by atoms with Crippen LogP contribution < -0.4 is 26.2 Å². The smallest absolute Gasteiger partial charge is 0.252 e. The molecule has 0 N–H and O–H groups in total. The monoisotopic (exact) mass is 859 g/mol. The van der Waals surface area contributed by atoms with Crippen LogP contribution in [0.2, 0.25) is 0 Å². The summed E-state index contributed by atoms with van der Waals surface area (Å²) in [7, 11) is 0. The van der Waals surface area contributed by atoms with Crippen LogP contribution in [0, 0.1) is 17.8 Å². The summed E-state index contributed by atoms with van der Waals surface area (Å²) in [6.07, 6.45) is 9.48. The zero-order valence-electron chi connectivity index (χ0n) is 40.0. The molecule has 4 nitrogen and oxygen atoms in total. The highest BCUT2D eigenvalue weighted by atomic mass is 16.3. The molecule has 0 radical (unpaired) electrons. The van der Waals surface area contributed by atoms with Gasteiger partial charge in [0, 0.05) is 61.1 Å². The van der Waals surface area contributed by atoms with Crippen LogP contribution in [0.3, 0.4) is 0 Å². The quantitative estimate of drug-likeness (QED) is 0.130. The van der Waals surface area contributed by atoms with Crippen LogP contribution in [0.1, 0.15) is 97.8 Å². The molecule has 2 aliphatic carbocycles. The molecule has 2 unspecified atom stereocenters. The van der Waals surface area contributed by atoms with Gasteiger partial charge in [-0.2, -0.15) is 0 Å². The zero-order valence-corrected chi connectivity index (χ0v) is 40.0. The number of aromatic nitrogens is 1. The highest BCUT2D eigenvalue weighted by Crippen LogP contribution is 2.61. The van der Waals surface area contributed by atoms with Gasteiger partial charge in [-0.1, -0.05) is 140 Å². The van der Waals surface area contributed by atoms with Gasteiger partial charge < -0.3 is 18.8 Å². The predicted molar refractivity (Wildman–Crippen MR) is 280 cm³/mol. The molecule has 8 aromatic rings. The first-order valence-corrected chi connectivity index (χ1v) is 24.3.